The van der Waals surface area contributed by atoms with Gasteiger partial charge in [0.05, 0.1) is 0 Å². The van der Waals surface area contributed by atoms with Crippen molar-refractivity contribution < 1.29 is 0 Å². The Labute approximate surface area is 58.8 Å². The average molecular weight is 128 g/mol. The minimum Gasteiger partial charge on any atom is -0.312 e. The van der Waals surface area contributed by atoms with Crippen LogP contribution in [0, 0.1) is 6.54 Å². The van der Waals surface area contributed by atoms with Crippen LogP contribution in [0.3, 0.4) is 0 Å². The van der Waals surface area contributed by atoms with E-state index in [1.54, 1.807) is 0 Å². The fraction of sp³-hybridized carbons (Fsp3) is 0.875. The molecule has 9 heavy (non-hydrogen) atoms. The van der Waals surface area contributed by atoms with Crippen molar-refractivity contribution >= 4 is 0 Å². The molecule has 0 aliphatic carbocycles. The monoisotopic (exact) mass is 128 g/mol. The van der Waals surface area contributed by atoms with E-state index >= 15 is 0 Å². The molecular formula is C8H18N. The third-order valence-electron chi connectivity index (χ3n) is 1.27. The van der Waals surface area contributed by atoms with Crippen molar-refractivity contribution in [3.63, 3.8) is 0 Å². The van der Waals surface area contributed by atoms with Gasteiger partial charge in [0.1, 0.15) is 0 Å². The predicted molar refractivity (Wildman–Crippen MR) is 42.1 cm³/mol. The number of unbranched alkanes of at least 4 members (excludes halogenated alkanes) is 2. The molecule has 0 aliphatic heterocycles. The molecule has 0 unspecified atom stereocenters. The molecule has 0 rings (SSSR count). The summed E-state index contributed by atoms with van der Waals surface area (Å²) in [6, 6.07) is 0. The summed E-state index contributed by atoms with van der Waals surface area (Å²) in [5.74, 6) is 0. The molecule has 55 valence electrons. The van der Waals surface area contributed by atoms with Gasteiger partial charge in [0.2, 0.25) is 0 Å². The van der Waals surface area contributed by atoms with Crippen LogP contribution in [0.15, 0.2) is 0 Å². The van der Waals surface area contributed by atoms with Crippen LogP contribution in [0.2, 0.25) is 0 Å². The lowest BCUT2D eigenvalue weighted by Crippen LogP contribution is -2.10. The van der Waals surface area contributed by atoms with Crippen LogP contribution in [-0.4, -0.2) is 6.54 Å². The molecule has 1 nitrogen and oxygen atoms in total. The summed E-state index contributed by atoms with van der Waals surface area (Å²) in [4.78, 5) is 0. The molecule has 1 heteroatoms. The molecule has 0 amide bonds. The number of rotatable bonds is 6. The molecule has 0 saturated heterocycles. The first-order valence-electron chi connectivity index (χ1n) is 3.96. The summed E-state index contributed by atoms with van der Waals surface area (Å²) in [7, 11) is 0. The average Bonchev–Trinajstić information content (AvgIpc) is 1.89. The van der Waals surface area contributed by atoms with Crippen LogP contribution < -0.4 is 5.32 Å². The quantitative estimate of drug-likeness (QED) is 0.541. The summed E-state index contributed by atoms with van der Waals surface area (Å²) in [5, 5.41) is 3.24. The molecule has 1 N–H and O–H groups in total. The van der Waals surface area contributed by atoms with Crippen LogP contribution in [0.1, 0.15) is 39.5 Å². The Balaban J connectivity index is 2.60. The Morgan fingerprint density at radius 1 is 1.22 bits per heavy atom. The molecule has 1 radical (unpaired) electrons. The van der Waals surface area contributed by atoms with E-state index in [4.69, 9.17) is 0 Å². The summed E-state index contributed by atoms with van der Waals surface area (Å²) in [6.07, 6.45) is 5.11. The van der Waals surface area contributed by atoms with Gasteiger partial charge in [0, 0.05) is 6.54 Å². The van der Waals surface area contributed by atoms with Crippen LogP contribution in [0.5, 0.6) is 0 Å². The smallest absolute Gasteiger partial charge is 0.0218 e. The lowest BCUT2D eigenvalue weighted by molar-refractivity contribution is 0.653. The summed E-state index contributed by atoms with van der Waals surface area (Å²) in [6.45, 7) is 7.65. The van der Waals surface area contributed by atoms with E-state index in [-0.39, 0.29) is 0 Å². The lowest BCUT2D eigenvalue weighted by Gasteiger charge is -1.99. The van der Waals surface area contributed by atoms with Gasteiger partial charge in [-0.05, 0) is 19.4 Å². The van der Waals surface area contributed by atoms with Gasteiger partial charge in [-0.15, -0.1) is 0 Å². The molecule has 0 fully saturated rings. The zero-order valence-electron chi connectivity index (χ0n) is 6.61. The molecule has 0 heterocycles. The van der Waals surface area contributed by atoms with Crippen molar-refractivity contribution in [2.75, 3.05) is 6.54 Å². The first kappa shape index (κ1) is 8.96. The SMILES string of the molecule is CC[CH]NCCCCC. The summed E-state index contributed by atoms with van der Waals surface area (Å²) >= 11 is 0. The highest BCUT2D eigenvalue weighted by Crippen LogP contribution is 1.91. The maximum Gasteiger partial charge on any atom is 0.0218 e. The van der Waals surface area contributed by atoms with E-state index in [0.717, 1.165) is 13.0 Å². The molecule has 0 aromatic heterocycles. The molecule has 0 aliphatic rings. The standard InChI is InChI=1S/C8H18N/c1-3-5-6-8-9-7-4-2/h7,9H,3-6,8H2,1-2H3. The van der Waals surface area contributed by atoms with Gasteiger partial charge in [-0.2, -0.15) is 0 Å². The molecule has 0 saturated carbocycles. The Bertz CT molecular complexity index is 37.8. The molecule has 0 atom stereocenters. The lowest BCUT2D eigenvalue weighted by atomic mass is 10.2. The van der Waals surface area contributed by atoms with Crippen molar-refractivity contribution in [1.29, 1.82) is 0 Å². The molecular weight excluding hydrogens is 110 g/mol. The Kier molecular flexibility index (Phi) is 7.92. The second kappa shape index (κ2) is 7.96. The van der Waals surface area contributed by atoms with Crippen LogP contribution in [0.4, 0.5) is 0 Å². The zero-order chi connectivity index (χ0) is 6.95. The van der Waals surface area contributed by atoms with Crippen LogP contribution >= 0.6 is 0 Å². The van der Waals surface area contributed by atoms with Crippen molar-refractivity contribution in [3.8, 4) is 0 Å². The first-order valence-corrected chi connectivity index (χ1v) is 3.96. The summed E-state index contributed by atoms with van der Waals surface area (Å²) in [5.41, 5.74) is 0. The van der Waals surface area contributed by atoms with Gasteiger partial charge in [-0.3, -0.25) is 0 Å². The van der Waals surface area contributed by atoms with Crippen molar-refractivity contribution in [2.45, 2.75) is 39.5 Å². The van der Waals surface area contributed by atoms with Gasteiger partial charge in [0.15, 0.2) is 0 Å². The molecule has 0 bridgehead atoms. The van der Waals surface area contributed by atoms with Gasteiger partial charge < -0.3 is 5.32 Å². The Morgan fingerprint density at radius 3 is 2.56 bits per heavy atom. The number of nitrogens with one attached hydrogen (secondary N) is 1. The van der Waals surface area contributed by atoms with Gasteiger partial charge in [0.25, 0.3) is 0 Å². The minimum atomic E-state index is 1.13. The molecule has 0 aromatic rings. The Hall–Kier alpha value is -0.0400. The third-order valence-corrected chi connectivity index (χ3v) is 1.27. The van der Waals surface area contributed by atoms with E-state index in [1.807, 2.05) is 0 Å². The van der Waals surface area contributed by atoms with Crippen molar-refractivity contribution in [2.24, 2.45) is 0 Å². The van der Waals surface area contributed by atoms with E-state index in [2.05, 4.69) is 25.7 Å². The van der Waals surface area contributed by atoms with Gasteiger partial charge >= 0.3 is 0 Å². The predicted octanol–water partition coefficient (Wildman–Crippen LogP) is 2.34. The highest BCUT2D eigenvalue weighted by atomic mass is 14.8. The second-order valence-corrected chi connectivity index (χ2v) is 2.27. The third kappa shape index (κ3) is 7.96. The van der Waals surface area contributed by atoms with Crippen molar-refractivity contribution in [1.82, 2.24) is 5.32 Å². The van der Waals surface area contributed by atoms with E-state index in [9.17, 15) is 0 Å². The fourth-order valence-corrected chi connectivity index (χ4v) is 0.723. The van der Waals surface area contributed by atoms with Gasteiger partial charge in [-0.1, -0.05) is 26.7 Å². The highest BCUT2D eigenvalue weighted by Gasteiger charge is 1.84. The van der Waals surface area contributed by atoms with Crippen molar-refractivity contribution in [3.05, 3.63) is 6.54 Å². The Morgan fingerprint density at radius 2 is 2.00 bits per heavy atom. The maximum absolute atomic E-state index is 3.24. The number of hydrogen-bond donors (Lipinski definition) is 1. The normalized spacial score (nSPS) is 10.0. The minimum absolute atomic E-state index is 1.13. The molecule has 0 spiro atoms. The zero-order valence-corrected chi connectivity index (χ0v) is 6.61. The van der Waals surface area contributed by atoms with E-state index in [1.165, 1.54) is 19.3 Å². The highest BCUT2D eigenvalue weighted by molar-refractivity contribution is 4.57. The second-order valence-electron chi connectivity index (χ2n) is 2.27. The topological polar surface area (TPSA) is 12.0 Å². The van der Waals surface area contributed by atoms with E-state index < -0.39 is 0 Å². The fourth-order valence-electron chi connectivity index (χ4n) is 0.723. The maximum atomic E-state index is 3.24. The van der Waals surface area contributed by atoms with Gasteiger partial charge in [-0.25, -0.2) is 0 Å². The number of hydrogen-bond acceptors (Lipinski definition) is 1. The largest absolute Gasteiger partial charge is 0.312 e. The molecule has 0 aromatic carbocycles. The van der Waals surface area contributed by atoms with Crippen LogP contribution in [-0.2, 0) is 0 Å². The van der Waals surface area contributed by atoms with Crippen LogP contribution in [0.25, 0.3) is 0 Å². The van der Waals surface area contributed by atoms with E-state index in [0.29, 0.717) is 0 Å². The summed E-state index contributed by atoms with van der Waals surface area (Å²) < 4.78 is 0. The first-order chi connectivity index (χ1) is 4.41.